The van der Waals surface area contributed by atoms with Crippen LogP contribution in [-0.4, -0.2) is 87.0 Å². The third-order valence-electron chi connectivity index (χ3n) is 7.41. The van der Waals surface area contributed by atoms with E-state index in [0.717, 1.165) is 66.3 Å². The van der Waals surface area contributed by atoms with Crippen LogP contribution in [0, 0.1) is 0 Å². The molecular weight excluding hydrogens is 689 g/mol. The number of fused-ring (bicyclic) bond motifs is 2. The van der Waals surface area contributed by atoms with E-state index in [4.69, 9.17) is 19.8 Å². The molecule has 4 heterocycles. The first-order chi connectivity index (χ1) is 23.3. The van der Waals surface area contributed by atoms with Gasteiger partial charge in [-0.25, -0.2) is 14.6 Å². The first-order valence-corrected chi connectivity index (χ1v) is 14.3. The lowest BCUT2D eigenvalue weighted by molar-refractivity contribution is -0.193. The van der Waals surface area contributed by atoms with Crippen LogP contribution in [0.25, 0.3) is 38.9 Å². The molecule has 1 saturated heterocycles. The molecule has 0 saturated carbocycles. The quantitative estimate of drug-likeness (QED) is 0.188. The molecule has 266 valence electrons. The van der Waals surface area contributed by atoms with Crippen LogP contribution >= 0.6 is 0 Å². The Bertz CT molecular complexity index is 1940. The van der Waals surface area contributed by atoms with Gasteiger partial charge in [0.2, 0.25) is 0 Å². The summed E-state index contributed by atoms with van der Waals surface area (Å²) in [5, 5.41) is 14.9. The number of rotatable bonds is 3. The van der Waals surface area contributed by atoms with Crippen LogP contribution in [0.2, 0.25) is 0 Å². The van der Waals surface area contributed by atoms with Crippen LogP contribution in [0.3, 0.4) is 0 Å². The number of carboxylic acids is 2. The maximum Gasteiger partial charge on any atom is 0.490 e. The molecule has 0 spiro atoms. The van der Waals surface area contributed by atoms with Gasteiger partial charge in [0.25, 0.3) is 0 Å². The van der Waals surface area contributed by atoms with Gasteiger partial charge in [0.05, 0.1) is 23.0 Å². The monoisotopic (exact) mass is 715 g/mol. The zero-order chi connectivity index (χ0) is 37.0. The highest BCUT2D eigenvalue weighted by Gasteiger charge is 2.39. The number of piperazine rings is 1. The van der Waals surface area contributed by atoms with Crippen LogP contribution in [0.4, 0.5) is 45.2 Å². The molecule has 0 bridgehead atoms. The number of anilines is 1. The van der Waals surface area contributed by atoms with Crippen molar-refractivity contribution in [2.75, 3.05) is 38.1 Å². The third kappa shape index (κ3) is 9.19. The number of aliphatic carboxylic acids is 2. The maximum absolute atomic E-state index is 13.2. The van der Waals surface area contributed by atoms with Gasteiger partial charge in [-0.3, -0.25) is 9.38 Å². The summed E-state index contributed by atoms with van der Waals surface area (Å²) >= 11 is 0. The van der Waals surface area contributed by atoms with Crippen molar-refractivity contribution in [1.82, 2.24) is 19.3 Å². The number of hydrogen-bond acceptors (Lipinski definition) is 6. The minimum Gasteiger partial charge on any atom is -0.475 e. The summed E-state index contributed by atoms with van der Waals surface area (Å²) in [6, 6.07) is 18.1. The van der Waals surface area contributed by atoms with E-state index < -0.39 is 36.0 Å². The van der Waals surface area contributed by atoms with Gasteiger partial charge < -0.3 is 20.0 Å². The predicted octanol–water partition coefficient (Wildman–Crippen LogP) is 7.25. The van der Waals surface area contributed by atoms with Gasteiger partial charge in [-0.05, 0) is 60.6 Å². The first-order valence-electron chi connectivity index (χ1n) is 14.3. The number of halogens is 9. The number of pyridine rings is 2. The number of carboxylic acid groups (broad SMARTS) is 2. The van der Waals surface area contributed by atoms with Crippen molar-refractivity contribution in [2.45, 2.75) is 18.5 Å². The van der Waals surface area contributed by atoms with Gasteiger partial charge in [0.15, 0.2) is 0 Å². The fourth-order valence-corrected chi connectivity index (χ4v) is 4.84. The van der Waals surface area contributed by atoms with Crippen LogP contribution in [0.15, 0.2) is 79.3 Å². The normalized spacial score (nSPS) is 14.1. The summed E-state index contributed by atoms with van der Waals surface area (Å²) in [5.41, 5.74) is 5.33. The molecule has 0 unspecified atom stereocenters. The Morgan fingerprint density at radius 1 is 0.720 bits per heavy atom. The molecule has 0 amide bonds. The van der Waals surface area contributed by atoms with Crippen molar-refractivity contribution in [3.05, 3.63) is 84.8 Å². The van der Waals surface area contributed by atoms with Gasteiger partial charge in [0.1, 0.15) is 5.65 Å². The van der Waals surface area contributed by atoms with E-state index in [1.165, 1.54) is 18.0 Å². The van der Waals surface area contributed by atoms with Crippen molar-refractivity contribution in [2.24, 2.45) is 0 Å². The molecule has 5 aromatic rings. The van der Waals surface area contributed by atoms with E-state index >= 15 is 0 Å². The van der Waals surface area contributed by atoms with Gasteiger partial charge in [-0.2, -0.15) is 39.5 Å². The lowest BCUT2D eigenvalue weighted by Crippen LogP contribution is -2.44. The number of benzene rings is 2. The van der Waals surface area contributed by atoms with E-state index in [1.54, 1.807) is 6.20 Å². The Balaban J connectivity index is 0.000000340. The van der Waals surface area contributed by atoms with Crippen molar-refractivity contribution < 1.29 is 59.3 Å². The molecule has 2 N–H and O–H groups in total. The molecule has 9 nitrogen and oxygen atoms in total. The molecule has 0 aliphatic carbocycles. The predicted molar refractivity (Wildman–Crippen MR) is 163 cm³/mol. The van der Waals surface area contributed by atoms with E-state index in [1.807, 2.05) is 28.8 Å². The largest absolute Gasteiger partial charge is 0.490 e. The number of aromatic nitrogens is 3. The Kier molecular flexibility index (Phi) is 10.9. The molecule has 3 aromatic heterocycles. The van der Waals surface area contributed by atoms with Crippen LogP contribution in [-0.2, 0) is 15.8 Å². The Morgan fingerprint density at radius 3 is 1.84 bits per heavy atom. The Hall–Kier alpha value is -5.39. The number of carbonyl (C=O) groups is 2. The second-order valence-corrected chi connectivity index (χ2v) is 10.8. The topological polar surface area (TPSA) is 111 Å². The minimum absolute atomic E-state index is 0.300. The number of hydrogen-bond donors (Lipinski definition) is 2. The molecule has 0 radical (unpaired) electrons. The zero-order valence-electron chi connectivity index (χ0n) is 25.7. The van der Waals surface area contributed by atoms with Crippen molar-refractivity contribution >= 4 is 34.2 Å². The summed E-state index contributed by atoms with van der Waals surface area (Å²) in [6.45, 7) is 4.19. The van der Waals surface area contributed by atoms with E-state index in [0.29, 0.717) is 10.9 Å². The Labute approximate surface area is 276 Å². The lowest BCUT2D eigenvalue weighted by atomic mass is 10.0. The van der Waals surface area contributed by atoms with Gasteiger partial charge >= 0.3 is 30.5 Å². The van der Waals surface area contributed by atoms with E-state index in [2.05, 4.69) is 51.1 Å². The highest BCUT2D eigenvalue weighted by molar-refractivity contribution is 5.94. The van der Waals surface area contributed by atoms with Crippen LogP contribution in [0.1, 0.15) is 5.56 Å². The second kappa shape index (κ2) is 14.6. The van der Waals surface area contributed by atoms with Crippen LogP contribution in [0.5, 0.6) is 0 Å². The molecule has 18 heteroatoms. The van der Waals surface area contributed by atoms with Crippen molar-refractivity contribution in [1.29, 1.82) is 0 Å². The summed E-state index contributed by atoms with van der Waals surface area (Å²) in [7, 11) is 2.15. The van der Waals surface area contributed by atoms with E-state index in [9.17, 15) is 39.5 Å². The van der Waals surface area contributed by atoms with Gasteiger partial charge in [0, 0.05) is 55.2 Å². The van der Waals surface area contributed by atoms with Gasteiger partial charge in [-0.1, -0.05) is 18.2 Å². The summed E-state index contributed by atoms with van der Waals surface area (Å²) < 4.78 is 105. The lowest BCUT2D eigenvalue weighted by Gasteiger charge is -2.34. The smallest absolute Gasteiger partial charge is 0.475 e. The molecule has 50 heavy (non-hydrogen) atoms. The summed E-state index contributed by atoms with van der Waals surface area (Å²) in [4.78, 5) is 31.3. The minimum atomic E-state index is -5.08. The highest BCUT2D eigenvalue weighted by Crippen LogP contribution is 2.35. The fourth-order valence-electron chi connectivity index (χ4n) is 4.84. The molecule has 1 aliphatic heterocycles. The summed E-state index contributed by atoms with van der Waals surface area (Å²) in [5.74, 6) is -5.51. The number of likely N-dealkylation sites (N-methyl/N-ethyl adjacent to an activating group) is 1. The van der Waals surface area contributed by atoms with Crippen LogP contribution < -0.4 is 4.90 Å². The van der Waals surface area contributed by atoms with Crippen molar-refractivity contribution in [3.63, 3.8) is 0 Å². The first kappa shape index (κ1) is 37.4. The average molecular weight is 716 g/mol. The summed E-state index contributed by atoms with van der Waals surface area (Å²) in [6.07, 6.45) is -9.33. The third-order valence-corrected chi connectivity index (χ3v) is 7.41. The zero-order valence-corrected chi connectivity index (χ0v) is 25.7. The molecule has 0 atom stereocenters. The maximum atomic E-state index is 13.2. The second-order valence-electron chi connectivity index (χ2n) is 10.8. The van der Waals surface area contributed by atoms with Crippen molar-refractivity contribution in [3.8, 4) is 22.4 Å². The number of alkyl halides is 9. The van der Waals surface area contributed by atoms with Gasteiger partial charge in [-0.15, -0.1) is 0 Å². The fraction of sp³-hybridized carbons (Fsp3) is 0.250. The SMILES string of the molecule is CN1CCN(c2ccc(-c3ccn4c(-c5ccnc6cc(C(F)(F)F)ccc56)cnc4c3)cc2)CC1.O=C(O)C(F)(F)F.O=C(O)C(F)(F)F. The molecule has 1 fully saturated rings. The molecule has 6 rings (SSSR count). The van der Waals surface area contributed by atoms with E-state index in [-0.39, 0.29) is 0 Å². The number of imidazole rings is 1. The number of nitrogens with zero attached hydrogens (tertiary/aromatic N) is 5. The molecule has 2 aromatic carbocycles. The molecular formula is C32H26F9N5O4. The Morgan fingerprint density at radius 2 is 1.30 bits per heavy atom. The highest BCUT2D eigenvalue weighted by atomic mass is 19.4. The molecule has 1 aliphatic rings. The average Bonchev–Trinajstić information content (AvgIpc) is 3.47. The standard InChI is InChI=1S/C28H24F3N5.2C2HF3O2/c1-34-12-14-35(15-13-34)22-5-2-19(3-6-22)20-9-11-36-26(18-33-27(36)16-20)24-8-10-32-25-17-21(28(29,30)31)4-7-23(24)25;2*3-2(4,5)1(6)7/h2-11,16-18H,12-15H2,1H3;2*(H,6,7).